The minimum Gasteiger partial charge on any atom is -0.492 e. The summed E-state index contributed by atoms with van der Waals surface area (Å²) in [5, 5.41) is 4.36. The van der Waals surface area contributed by atoms with Gasteiger partial charge in [-0.2, -0.15) is 0 Å². The van der Waals surface area contributed by atoms with Gasteiger partial charge in [-0.3, -0.25) is 0 Å². The summed E-state index contributed by atoms with van der Waals surface area (Å²) in [4.78, 5) is 0. The van der Waals surface area contributed by atoms with Crippen LogP contribution in [0.2, 0.25) is 5.02 Å². The Morgan fingerprint density at radius 2 is 2.35 bits per heavy atom. The molecule has 112 valence electrons. The number of halogens is 1. The molecule has 2 atom stereocenters. The van der Waals surface area contributed by atoms with Crippen LogP contribution in [0.4, 0.5) is 0 Å². The first kappa shape index (κ1) is 15.6. The van der Waals surface area contributed by atoms with Gasteiger partial charge in [-0.05, 0) is 50.1 Å². The summed E-state index contributed by atoms with van der Waals surface area (Å²) in [5.41, 5.74) is 1.05. The highest BCUT2D eigenvalue weighted by atomic mass is 35.5. The molecule has 0 saturated carbocycles. The highest BCUT2D eigenvalue weighted by Crippen LogP contribution is 2.22. The molecule has 1 heterocycles. The quantitative estimate of drug-likeness (QED) is 0.836. The van der Waals surface area contributed by atoms with Crippen molar-refractivity contribution in [3.63, 3.8) is 0 Å². The van der Waals surface area contributed by atoms with Crippen LogP contribution in [0.15, 0.2) is 18.2 Å². The maximum absolute atomic E-state index is 6.03. The second kappa shape index (κ2) is 7.87. The molecule has 0 spiro atoms. The van der Waals surface area contributed by atoms with Crippen LogP contribution in [-0.4, -0.2) is 32.4 Å². The molecule has 1 aromatic rings. The number of hydrogen-bond donors (Lipinski definition) is 1. The standard InChI is InChI=1S/C16H24ClNO2/c1-3-7-18-16(13-6-8-19-10-13)11-20-14-4-5-15(17)12(2)9-14/h4-5,9,13,16,18H,3,6-8,10-11H2,1-2H3. The van der Waals surface area contributed by atoms with E-state index >= 15 is 0 Å². The van der Waals surface area contributed by atoms with Crippen molar-refractivity contribution >= 4 is 11.6 Å². The van der Waals surface area contributed by atoms with Crippen molar-refractivity contribution in [1.29, 1.82) is 0 Å². The molecule has 0 aliphatic carbocycles. The number of benzene rings is 1. The topological polar surface area (TPSA) is 30.5 Å². The molecule has 1 aliphatic heterocycles. The average molecular weight is 298 g/mol. The van der Waals surface area contributed by atoms with Crippen LogP contribution in [-0.2, 0) is 4.74 Å². The Labute approximate surface area is 126 Å². The molecule has 0 amide bonds. The summed E-state index contributed by atoms with van der Waals surface area (Å²) in [7, 11) is 0. The van der Waals surface area contributed by atoms with Crippen LogP contribution in [0.5, 0.6) is 5.75 Å². The van der Waals surface area contributed by atoms with Gasteiger partial charge in [0.25, 0.3) is 0 Å². The van der Waals surface area contributed by atoms with Gasteiger partial charge in [0.15, 0.2) is 0 Å². The van der Waals surface area contributed by atoms with E-state index in [9.17, 15) is 0 Å². The van der Waals surface area contributed by atoms with Crippen LogP contribution >= 0.6 is 11.6 Å². The van der Waals surface area contributed by atoms with E-state index in [1.807, 2.05) is 25.1 Å². The maximum Gasteiger partial charge on any atom is 0.119 e. The van der Waals surface area contributed by atoms with Crippen LogP contribution in [0.1, 0.15) is 25.3 Å². The normalized spacial score (nSPS) is 20.1. The van der Waals surface area contributed by atoms with Crippen molar-refractivity contribution < 1.29 is 9.47 Å². The van der Waals surface area contributed by atoms with Gasteiger partial charge in [0.1, 0.15) is 12.4 Å². The van der Waals surface area contributed by atoms with Gasteiger partial charge in [-0.25, -0.2) is 0 Å². The lowest BCUT2D eigenvalue weighted by Gasteiger charge is -2.24. The van der Waals surface area contributed by atoms with Gasteiger partial charge >= 0.3 is 0 Å². The summed E-state index contributed by atoms with van der Waals surface area (Å²) in [6.07, 6.45) is 2.24. The van der Waals surface area contributed by atoms with E-state index in [1.165, 1.54) is 0 Å². The SMILES string of the molecule is CCCNC(COc1ccc(Cl)c(C)c1)C1CCOC1. The van der Waals surface area contributed by atoms with Crippen molar-refractivity contribution in [3.8, 4) is 5.75 Å². The van der Waals surface area contributed by atoms with Gasteiger partial charge in [0, 0.05) is 23.6 Å². The summed E-state index contributed by atoms with van der Waals surface area (Å²) in [6.45, 7) is 7.57. The van der Waals surface area contributed by atoms with Crippen LogP contribution < -0.4 is 10.1 Å². The molecule has 0 aromatic heterocycles. The Balaban J connectivity index is 1.91. The average Bonchev–Trinajstić information content (AvgIpc) is 2.97. The maximum atomic E-state index is 6.03. The molecule has 1 fully saturated rings. The zero-order chi connectivity index (χ0) is 14.4. The lowest BCUT2D eigenvalue weighted by Crippen LogP contribution is -2.41. The Hall–Kier alpha value is -0.770. The van der Waals surface area contributed by atoms with Crippen molar-refractivity contribution in [3.05, 3.63) is 28.8 Å². The van der Waals surface area contributed by atoms with E-state index in [0.717, 1.165) is 48.9 Å². The summed E-state index contributed by atoms with van der Waals surface area (Å²) in [5.74, 6) is 1.43. The molecule has 4 heteroatoms. The Morgan fingerprint density at radius 1 is 1.50 bits per heavy atom. The first-order valence-electron chi connectivity index (χ1n) is 7.40. The fourth-order valence-corrected chi connectivity index (χ4v) is 2.57. The number of aryl methyl sites for hydroxylation is 1. The summed E-state index contributed by atoms with van der Waals surface area (Å²) < 4.78 is 11.4. The van der Waals surface area contributed by atoms with Crippen LogP contribution in [0.25, 0.3) is 0 Å². The predicted molar refractivity (Wildman–Crippen MR) is 82.7 cm³/mol. The third-order valence-corrected chi connectivity index (χ3v) is 4.17. The fourth-order valence-electron chi connectivity index (χ4n) is 2.45. The summed E-state index contributed by atoms with van der Waals surface area (Å²) in [6, 6.07) is 6.16. The highest BCUT2D eigenvalue weighted by molar-refractivity contribution is 6.31. The van der Waals surface area contributed by atoms with E-state index in [0.29, 0.717) is 18.6 Å². The molecular formula is C16H24ClNO2. The second-order valence-electron chi connectivity index (χ2n) is 5.41. The molecule has 1 aromatic carbocycles. The van der Waals surface area contributed by atoms with E-state index in [-0.39, 0.29) is 0 Å². The number of rotatable bonds is 7. The molecule has 1 N–H and O–H groups in total. The monoisotopic (exact) mass is 297 g/mol. The van der Waals surface area contributed by atoms with E-state index < -0.39 is 0 Å². The zero-order valence-electron chi connectivity index (χ0n) is 12.3. The fraction of sp³-hybridized carbons (Fsp3) is 0.625. The first-order chi connectivity index (χ1) is 9.70. The van der Waals surface area contributed by atoms with Gasteiger partial charge in [-0.15, -0.1) is 0 Å². The Morgan fingerprint density at radius 3 is 3.00 bits per heavy atom. The summed E-state index contributed by atoms with van der Waals surface area (Å²) >= 11 is 6.03. The molecule has 20 heavy (non-hydrogen) atoms. The third-order valence-electron chi connectivity index (χ3n) is 3.75. The van der Waals surface area contributed by atoms with E-state index in [2.05, 4.69) is 12.2 Å². The largest absolute Gasteiger partial charge is 0.492 e. The van der Waals surface area contributed by atoms with Gasteiger partial charge in [0.05, 0.1) is 6.61 Å². The second-order valence-corrected chi connectivity index (χ2v) is 5.81. The molecule has 1 aliphatic rings. The molecule has 0 radical (unpaired) electrons. The Kier molecular flexibility index (Phi) is 6.14. The minimum atomic E-state index is 0.355. The van der Waals surface area contributed by atoms with Crippen molar-refractivity contribution in [2.75, 3.05) is 26.4 Å². The van der Waals surface area contributed by atoms with Crippen LogP contribution in [0, 0.1) is 12.8 Å². The molecule has 2 unspecified atom stereocenters. The molecule has 0 bridgehead atoms. The van der Waals surface area contributed by atoms with E-state index in [1.54, 1.807) is 0 Å². The minimum absolute atomic E-state index is 0.355. The van der Waals surface area contributed by atoms with Crippen molar-refractivity contribution in [2.24, 2.45) is 5.92 Å². The zero-order valence-corrected chi connectivity index (χ0v) is 13.1. The smallest absolute Gasteiger partial charge is 0.119 e. The lowest BCUT2D eigenvalue weighted by molar-refractivity contribution is 0.160. The lowest BCUT2D eigenvalue weighted by atomic mass is 9.99. The van der Waals surface area contributed by atoms with Crippen LogP contribution in [0.3, 0.4) is 0 Å². The van der Waals surface area contributed by atoms with Crippen molar-refractivity contribution in [1.82, 2.24) is 5.32 Å². The molecule has 2 rings (SSSR count). The molecule has 3 nitrogen and oxygen atoms in total. The Bertz CT molecular complexity index is 419. The first-order valence-corrected chi connectivity index (χ1v) is 7.78. The molecular weight excluding hydrogens is 274 g/mol. The predicted octanol–water partition coefficient (Wildman–Crippen LogP) is 3.43. The number of hydrogen-bond acceptors (Lipinski definition) is 3. The van der Waals surface area contributed by atoms with E-state index in [4.69, 9.17) is 21.1 Å². The molecule has 1 saturated heterocycles. The third kappa shape index (κ3) is 4.37. The number of ether oxygens (including phenoxy) is 2. The van der Waals surface area contributed by atoms with Crippen molar-refractivity contribution in [2.45, 2.75) is 32.7 Å². The number of nitrogens with one attached hydrogen (secondary N) is 1. The van der Waals surface area contributed by atoms with Gasteiger partial charge in [0.2, 0.25) is 0 Å². The van der Waals surface area contributed by atoms with Gasteiger partial charge in [-0.1, -0.05) is 18.5 Å². The van der Waals surface area contributed by atoms with Gasteiger partial charge < -0.3 is 14.8 Å². The highest BCUT2D eigenvalue weighted by Gasteiger charge is 2.25.